The van der Waals surface area contributed by atoms with E-state index in [1.165, 1.54) is 7.11 Å². The van der Waals surface area contributed by atoms with Gasteiger partial charge >= 0.3 is 5.97 Å². The van der Waals surface area contributed by atoms with Gasteiger partial charge in [-0.2, -0.15) is 0 Å². The van der Waals surface area contributed by atoms with Crippen LogP contribution < -0.4 is 0 Å². The topological polar surface area (TPSA) is 55.8 Å². The number of rotatable bonds is 6. The molecule has 0 N–H and O–H groups in total. The van der Waals surface area contributed by atoms with Crippen LogP contribution in [0.3, 0.4) is 0 Å². The fraction of sp³-hybridized carbons (Fsp3) is 0.833. The third-order valence-electron chi connectivity index (χ3n) is 2.92. The van der Waals surface area contributed by atoms with E-state index < -0.39 is 0 Å². The monoisotopic (exact) mass is 243 g/mol. The first kappa shape index (κ1) is 14.0. The Morgan fingerprint density at radius 2 is 2.24 bits per heavy atom. The van der Waals surface area contributed by atoms with Gasteiger partial charge in [0.05, 0.1) is 19.6 Å². The van der Waals surface area contributed by atoms with Gasteiger partial charge in [0, 0.05) is 26.1 Å². The number of carbonyl (C=O) groups is 2. The van der Waals surface area contributed by atoms with Gasteiger partial charge in [-0.15, -0.1) is 0 Å². The molecule has 0 aromatic rings. The molecule has 1 aliphatic heterocycles. The zero-order chi connectivity index (χ0) is 12.7. The SMILES string of the molecule is CCC(=O)N(CCC(=O)OC)CC1CCCO1. The van der Waals surface area contributed by atoms with Crippen molar-refractivity contribution in [3.05, 3.63) is 0 Å². The molecule has 98 valence electrons. The molecule has 0 aromatic carbocycles. The molecule has 1 amide bonds. The van der Waals surface area contributed by atoms with Crippen molar-refractivity contribution in [1.29, 1.82) is 0 Å². The Kier molecular flexibility index (Phi) is 5.97. The molecule has 1 fully saturated rings. The van der Waals surface area contributed by atoms with Crippen LogP contribution in [0.25, 0.3) is 0 Å². The third kappa shape index (κ3) is 4.73. The average Bonchev–Trinajstić information content (AvgIpc) is 2.85. The minimum atomic E-state index is -0.286. The second kappa shape index (κ2) is 7.27. The number of esters is 1. The van der Waals surface area contributed by atoms with E-state index in [2.05, 4.69) is 4.74 Å². The van der Waals surface area contributed by atoms with Gasteiger partial charge < -0.3 is 14.4 Å². The van der Waals surface area contributed by atoms with Crippen LogP contribution in [0.15, 0.2) is 0 Å². The maximum absolute atomic E-state index is 11.7. The first-order chi connectivity index (χ1) is 8.17. The molecule has 1 aliphatic rings. The lowest BCUT2D eigenvalue weighted by Gasteiger charge is -2.24. The number of carbonyl (C=O) groups excluding carboxylic acids is 2. The molecule has 1 unspecified atom stereocenters. The molecule has 1 heterocycles. The summed E-state index contributed by atoms with van der Waals surface area (Å²) in [6.07, 6.45) is 2.87. The summed E-state index contributed by atoms with van der Waals surface area (Å²) in [4.78, 5) is 24.5. The largest absolute Gasteiger partial charge is 0.469 e. The highest BCUT2D eigenvalue weighted by Crippen LogP contribution is 2.14. The van der Waals surface area contributed by atoms with Crippen molar-refractivity contribution in [2.45, 2.75) is 38.7 Å². The van der Waals surface area contributed by atoms with Crippen molar-refractivity contribution in [2.75, 3.05) is 26.8 Å². The molecule has 0 radical (unpaired) electrons. The van der Waals surface area contributed by atoms with Crippen LogP contribution in [0.2, 0.25) is 0 Å². The number of hydrogen-bond donors (Lipinski definition) is 0. The van der Waals surface area contributed by atoms with E-state index in [1.54, 1.807) is 4.90 Å². The van der Waals surface area contributed by atoms with Gasteiger partial charge in [-0.25, -0.2) is 0 Å². The van der Waals surface area contributed by atoms with Crippen molar-refractivity contribution >= 4 is 11.9 Å². The molecule has 1 rings (SSSR count). The quantitative estimate of drug-likeness (QED) is 0.652. The van der Waals surface area contributed by atoms with Crippen molar-refractivity contribution < 1.29 is 19.1 Å². The average molecular weight is 243 g/mol. The summed E-state index contributed by atoms with van der Waals surface area (Å²) in [7, 11) is 1.36. The molecule has 1 atom stereocenters. The minimum absolute atomic E-state index is 0.0596. The molecule has 1 saturated heterocycles. The fourth-order valence-corrected chi connectivity index (χ4v) is 1.90. The molecule has 0 aromatic heterocycles. The van der Waals surface area contributed by atoms with E-state index in [-0.39, 0.29) is 24.4 Å². The summed E-state index contributed by atoms with van der Waals surface area (Å²) in [5, 5.41) is 0. The zero-order valence-corrected chi connectivity index (χ0v) is 10.6. The van der Waals surface area contributed by atoms with Gasteiger partial charge in [-0.1, -0.05) is 6.92 Å². The second-order valence-corrected chi connectivity index (χ2v) is 4.15. The van der Waals surface area contributed by atoms with Gasteiger partial charge in [0.15, 0.2) is 0 Å². The molecular formula is C12H21NO4. The maximum atomic E-state index is 11.7. The normalized spacial score (nSPS) is 19.1. The van der Waals surface area contributed by atoms with E-state index in [0.29, 0.717) is 19.5 Å². The van der Waals surface area contributed by atoms with Crippen LogP contribution in [0.1, 0.15) is 32.6 Å². The number of nitrogens with zero attached hydrogens (tertiary/aromatic N) is 1. The molecule has 5 nitrogen and oxygen atoms in total. The molecule has 5 heteroatoms. The Hall–Kier alpha value is -1.10. The van der Waals surface area contributed by atoms with Crippen LogP contribution >= 0.6 is 0 Å². The van der Waals surface area contributed by atoms with Crippen LogP contribution in [-0.4, -0.2) is 49.7 Å². The first-order valence-corrected chi connectivity index (χ1v) is 6.13. The highest BCUT2D eigenvalue weighted by molar-refractivity contribution is 5.77. The zero-order valence-electron chi connectivity index (χ0n) is 10.6. The van der Waals surface area contributed by atoms with Gasteiger partial charge in [0.25, 0.3) is 0 Å². The predicted octanol–water partition coefficient (Wildman–Crippen LogP) is 0.967. The van der Waals surface area contributed by atoms with Crippen molar-refractivity contribution in [3.8, 4) is 0 Å². The lowest BCUT2D eigenvalue weighted by molar-refractivity contribution is -0.142. The van der Waals surface area contributed by atoms with Gasteiger partial charge in [0.2, 0.25) is 5.91 Å². The number of hydrogen-bond acceptors (Lipinski definition) is 4. The standard InChI is InChI=1S/C12H21NO4/c1-3-11(14)13(7-6-12(15)16-2)9-10-5-4-8-17-10/h10H,3-9H2,1-2H3. The molecule has 0 aliphatic carbocycles. The Morgan fingerprint density at radius 3 is 2.76 bits per heavy atom. The van der Waals surface area contributed by atoms with E-state index in [1.807, 2.05) is 6.92 Å². The summed E-state index contributed by atoms with van der Waals surface area (Å²) in [6.45, 7) is 3.60. The highest BCUT2D eigenvalue weighted by Gasteiger charge is 2.22. The molecular weight excluding hydrogens is 222 g/mol. The third-order valence-corrected chi connectivity index (χ3v) is 2.92. The van der Waals surface area contributed by atoms with E-state index in [9.17, 15) is 9.59 Å². The van der Waals surface area contributed by atoms with E-state index in [4.69, 9.17) is 4.74 Å². The second-order valence-electron chi connectivity index (χ2n) is 4.15. The molecule has 0 saturated carbocycles. The Bertz CT molecular complexity index is 261. The first-order valence-electron chi connectivity index (χ1n) is 6.13. The van der Waals surface area contributed by atoms with Gasteiger partial charge in [-0.05, 0) is 12.8 Å². The number of ether oxygens (including phenoxy) is 2. The minimum Gasteiger partial charge on any atom is -0.469 e. The van der Waals surface area contributed by atoms with Crippen molar-refractivity contribution in [3.63, 3.8) is 0 Å². The Labute approximate surface area is 102 Å². The summed E-state index contributed by atoms with van der Waals surface area (Å²) in [5.74, 6) is -0.226. The highest BCUT2D eigenvalue weighted by atomic mass is 16.5. The molecule has 0 spiro atoms. The van der Waals surface area contributed by atoms with E-state index >= 15 is 0 Å². The Balaban J connectivity index is 2.41. The summed E-state index contributed by atoms with van der Waals surface area (Å²) < 4.78 is 10.1. The van der Waals surface area contributed by atoms with Crippen LogP contribution in [-0.2, 0) is 19.1 Å². The maximum Gasteiger partial charge on any atom is 0.307 e. The molecule has 17 heavy (non-hydrogen) atoms. The van der Waals surface area contributed by atoms with Crippen LogP contribution in [0, 0.1) is 0 Å². The summed E-state index contributed by atoms with van der Waals surface area (Å²) in [6, 6.07) is 0. The summed E-state index contributed by atoms with van der Waals surface area (Å²) in [5.41, 5.74) is 0. The van der Waals surface area contributed by atoms with Crippen LogP contribution in [0.4, 0.5) is 0 Å². The number of methoxy groups -OCH3 is 1. The van der Waals surface area contributed by atoms with Crippen LogP contribution in [0.5, 0.6) is 0 Å². The van der Waals surface area contributed by atoms with E-state index in [0.717, 1.165) is 19.4 Å². The van der Waals surface area contributed by atoms with Crippen molar-refractivity contribution in [2.24, 2.45) is 0 Å². The Morgan fingerprint density at radius 1 is 1.47 bits per heavy atom. The smallest absolute Gasteiger partial charge is 0.307 e. The fourth-order valence-electron chi connectivity index (χ4n) is 1.90. The molecule has 0 bridgehead atoms. The lowest BCUT2D eigenvalue weighted by Crippen LogP contribution is -2.38. The number of amides is 1. The van der Waals surface area contributed by atoms with Gasteiger partial charge in [-0.3, -0.25) is 9.59 Å². The lowest BCUT2D eigenvalue weighted by atomic mass is 10.2. The summed E-state index contributed by atoms with van der Waals surface area (Å²) >= 11 is 0. The van der Waals surface area contributed by atoms with Crippen molar-refractivity contribution in [1.82, 2.24) is 4.90 Å². The van der Waals surface area contributed by atoms with Gasteiger partial charge in [0.1, 0.15) is 0 Å². The predicted molar refractivity (Wildman–Crippen MR) is 62.5 cm³/mol.